The van der Waals surface area contributed by atoms with Gasteiger partial charge in [-0.15, -0.1) is 6.58 Å². The van der Waals surface area contributed by atoms with Crippen LogP contribution in [-0.4, -0.2) is 175 Å². The van der Waals surface area contributed by atoms with E-state index in [0.717, 1.165) is 39.3 Å². The molecule has 4 rings (SSSR count). The van der Waals surface area contributed by atoms with Gasteiger partial charge in [-0.3, -0.25) is 19.0 Å². The van der Waals surface area contributed by atoms with Crippen LogP contribution in [0, 0.1) is 135 Å². The molecule has 2 atom stereocenters. The van der Waals surface area contributed by atoms with Gasteiger partial charge in [0.05, 0.1) is 62.3 Å². The number of hydrogen-bond donors (Lipinski definition) is 0. The molecule has 8 nitrogen and oxygen atoms in total. The molecule has 13 heteroatoms. The second-order valence-electron chi connectivity index (χ2n) is 13.0. The van der Waals surface area contributed by atoms with Crippen LogP contribution >= 0.6 is 17.5 Å². The van der Waals surface area contributed by atoms with E-state index in [1.54, 1.807) is 0 Å². The summed E-state index contributed by atoms with van der Waals surface area (Å²) in [5.41, 5.74) is 1.17. The molecule has 0 aromatic heterocycles. The summed E-state index contributed by atoms with van der Waals surface area (Å²) in [5, 5.41) is 0. The summed E-state index contributed by atoms with van der Waals surface area (Å²) in [6.07, 6.45) is 10.4. The molecule has 0 radical (unpaired) electrons. The summed E-state index contributed by atoms with van der Waals surface area (Å²) >= 11 is 0. The van der Waals surface area contributed by atoms with Gasteiger partial charge in [-0.05, 0) is 78.6 Å². The molecule has 4 heterocycles. The van der Waals surface area contributed by atoms with Crippen LogP contribution < -0.4 is 0 Å². The molecule has 310 valence electrons. The van der Waals surface area contributed by atoms with Crippen molar-refractivity contribution in [2.45, 2.75) is 80.1 Å². The van der Waals surface area contributed by atoms with E-state index in [2.05, 4.69) is 118 Å². The number of allylic oxidation sites excluding steroid dienone is 1. The van der Waals surface area contributed by atoms with E-state index in [-0.39, 0.29) is 93.3 Å². The smallest absolute Gasteiger partial charge is 0.327 e. The van der Waals surface area contributed by atoms with Gasteiger partial charge in [0.15, 0.2) is 0 Å². The van der Waals surface area contributed by atoms with Gasteiger partial charge in [0.1, 0.15) is 13.1 Å². The van der Waals surface area contributed by atoms with E-state index in [1.807, 2.05) is 43.5 Å². The van der Waals surface area contributed by atoms with E-state index < -0.39 is 0 Å². The maximum Gasteiger partial charge on any atom is 2.00 e. The summed E-state index contributed by atoms with van der Waals surface area (Å²) < 4.78 is 11.6. The van der Waals surface area contributed by atoms with Crippen molar-refractivity contribution < 1.29 is 107 Å². The van der Waals surface area contributed by atoms with Gasteiger partial charge in [-0.25, -0.2) is 4.67 Å². The predicted octanol–water partition coefficient (Wildman–Crippen LogP) is 6.52. The quantitative estimate of drug-likeness (QED) is 0.0655. The maximum absolute atomic E-state index is 3.77. The molecule has 2 unspecified atom stereocenters. The van der Waals surface area contributed by atoms with Gasteiger partial charge < -0.3 is 51.0 Å². The number of amidine groups is 2. The van der Waals surface area contributed by atoms with Gasteiger partial charge >= 0.3 is 93.3 Å². The average Bonchev–Trinajstić information content (AvgIpc) is 4.00. The van der Waals surface area contributed by atoms with Gasteiger partial charge in [0.2, 0.25) is 18.0 Å². The minimum Gasteiger partial charge on any atom is -0.327 e. The van der Waals surface area contributed by atoms with Crippen molar-refractivity contribution in [2.24, 2.45) is 0 Å². The predicted molar refractivity (Wildman–Crippen MR) is 240 cm³/mol. The van der Waals surface area contributed by atoms with Gasteiger partial charge in [-0.1, -0.05) is 32.5 Å². The van der Waals surface area contributed by atoms with E-state index in [1.165, 1.54) is 108 Å². The fraction of sp³-hybridized carbons (Fsp3) is 0.732. The summed E-state index contributed by atoms with van der Waals surface area (Å²) in [5.74, 6) is 2.91. The Kier molecular flexibility index (Phi) is 60.0. The third-order valence-electron chi connectivity index (χ3n) is 8.92. The maximum atomic E-state index is 3.77. The molecular formula is C41H89N8P2U3+5. The Morgan fingerprint density at radius 3 is 1.43 bits per heavy atom. The first-order valence-electron chi connectivity index (χ1n) is 19.8. The van der Waals surface area contributed by atoms with Crippen LogP contribution in [0.2, 0.25) is 0 Å². The van der Waals surface area contributed by atoms with Crippen molar-refractivity contribution in [2.75, 3.05) is 119 Å². The molecule has 0 aliphatic carbocycles. The zero-order valence-corrected chi connectivity index (χ0v) is 52.2. The molecule has 3 fully saturated rings. The fourth-order valence-electron chi connectivity index (χ4n) is 5.25. The number of hydrogen-bond acceptors (Lipinski definition) is 3. The Balaban J connectivity index is -0.000000129. The molecule has 0 aromatic rings. The van der Waals surface area contributed by atoms with Crippen LogP contribution in [0.5, 0.6) is 0 Å². The minimum atomic E-state index is 0. The number of nitrogens with zero attached hydrogens (tertiary/aromatic N) is 8. The monoisotopic (exact) mass is 1470 g/mol. The molecule has 0 spiro atoms. The summed E-state index contributed by atoms with van der Waals surface area (Å²) in [6, 6.07) is 0. The van der Waals surface area contributed by atoms with Crippen LogP contribution in [0.4, 0.5) is 0 Å². The Hall–Kier alpha value is 2.09. The molecule has 0 bridgehead atoms. The van der Waals surface area contributed by atoms with Crippen LogP contribution in [-0.2, 0) is 0 Å². The SMILES string of the molecule is C=C(C)C.CC.CC(N1CCCC1)=[N+]1CCCC1.CC1=[N+](C)CCN1C.C[PH2+]N1CCCC1.[CH2-]CN(C=[N+](C[CH2-])C[CH2-])C[CH2-].[CH2-]CN(C[CH2-])[PH2+]C.[U+2].[U+2].[U+2]. The van der Waals surface area contributed by atoms with Crippen LogP contribution in [0.25, 0.3) is 0 Å². The second kappa shape index (κ2) is 47.8. The Morgan fingerprint density at radius 2 is 1.19 bits per heavy atom. The molecule has 54 heavy (non-hydrogen) atoms. The third kappa shape index (κ3) is 37.1. The van der Waals surface area contributed by atoms with Crippen molar-refractivity contribution in [3.8, 4) is 0 Å². The largest absolute Gasteiger partial charge is 2.00 e. The average molecular weight is 1470 g/mol. The first-order valence-corrected chi connectivity index (χ1v) is 23.1. The summed E-state index contributed by atoms with van der Waals surface area (Å²) in [4.78, 5) is 6.82. The normalized spacial score (nSPS) is 15.7. The van der Waals surface area contributed by atoms with Crippen molar-refractivity contribution in [3.05, 3.63) is 53.7 Å². The van der Waals surface area contributed by atoms with E-state index in [4.69, 9.17) is 0 Å². The third-order valence-corrected chi connectivity index (χ3v) is 11.4. The molecule has 0 saturated carbocycles. The van der Waals surface area contributed by atoms with Crippen LogP contribution in [0.3, 0.4) is 0 Å². The van der Waals surface area contributed by atoms with Crippen molar-refractivity contribution >= 4 is 35.5 Å². The standard InChI is InChI=1S/C10H19N2.C9H17N2.C6H13N2.2C5H12NP.C4H8.C2H6.3U/c1-10(11-6-2-3-7-11)12-8-4-5-9-12;1-5-10(6-2)9-11(7-3)8-4;1-6-7(2)4-5-8(6)3;1-7-6-4-2-3-5-6;1-4-6(5-2)7-3;1-4(2)3;1-2;;;/h2-9H2,1H3;9H,1-8H2;4-5H2,1-3H3;7H,2-5H2,1H3;7H,1-2,4-5H2,3H3;1H2,2-3H3;1-2H3;;;/q+1;-3;+1;;-2;;;3*+2/p+2. The molecule has 4 aliphatic rings. The Bertz CT molecular complexity index is 891. The minimum absolute atomic E-state index is 0. The molecule has 0 amide bonds. The zero-order valence-electron chi connectivity index (χ0n) is 37.4. The van der Waals surface area contributed by atoms with Crippen LogP contribution in [0.15, 0.2) is 12.2 Å². The van der Waals surface area contributed by atoms with Gasteiger partial charge in [0.25, 0.3) is 0 Å². The first-order chi connectivity index (χ1) is 24.4. The molecular weight excluding hydrogens is 1380 g/mol. The molecule has 4 aliphatic heterocycles. The summed E-state index contributed by atoms with van der Waals surface area (Å²) in [6.45, 7) is 58.0. The van der Waals surface area contributed by atoms with E-state index in [0.29, 0.717) is 17.5 Å². The van der Waals surface area contributed by atoms with E-state index in [9.17, 15) is 0 Å². The molecule has 0 N–H and O–H groups in total. The van der Waals surface area contributed by atoms with Crippen molar-refractivity contribution in [3.63, 3.8) is 0 Å². The van der Waals surface area contributed by atoms with Gasteiger partial charge in [-0.2, -0.15) is 4.67 Å². The first kappa shape index (κ1) is 67.8. The number of likely N-dealkylation sites (N-methyl/N-ethyl adjacent to an activating group) is 2. The Morgan fingerprint density at radius 1 is 0.759 bits per heavy atom. The van der Waals surface area contributed by atoms with Gasteiger partial charge in [0, 0.05) is 35.7 Å². The second-order valence-corrected chi connectivity index (χ2v) is 15.5. The van der Waals surface area contributed by atoms with Crippen LogP contribution in [0.1, 0.15) is 80.1 Å². The van der Waals surface area contributed by atoms with Crippen molar-refractivity contribution in [1.29, 1.82) is 0 Å². The number of rotatable bonds is 9. The summed E-state index contributed by atoms with van der Waals surface area (Å²) in [7, 11) is 5.33. The molecule has 0 aromatic carbocycles. The molecule has 3 saturated heterocycles. The zero-order chi connectivity index (χ0) is 39.6. The van der Waals surface area contributed by atoms with Crippen molar-refractivity contribution in [1.82, 2.24) is 24.0 Å². The topological polar surface area (TPSA) is 25.2 Å². The van der Waals surface area contributed by atoms with E-state index >= 15 is 0 Å². The number of likely N-dealkylation sites (tertiary alicyclic amines) is 1. The fourth-order valence-corrected chi connectivity index (χ4v) is 6.65. The Labute approximate surface area is 414 Å².